The van der Waals surface area contributed by atoms with Crippen LogP contribution >= 0.6 is 0 Å². The van der Waals surface area contributed by atoms with Crippen LogP contribution in [0.3, 0.4) is 0 Å². The molecule has 0 radical (unpaired) electrons. The summed E-state index contributed by atoms with van der Waals surface area (Å²) in [4.78, 5) is 11.9. The highest BCUT2D eigenvalue weighted by molar-refractivity contribution is 5.91. The van der Waals surface area contributed by atoms with E-state index in [2.05, 4.69) is 24.3 Å². The molecule has 0 atom stereocenters. The molecule has 21 heavy (non-hydrogen) atoms. The van der Waals surface area contributed by atoms with Crippen molar-refractivity contribution in [2.45, 2.75) is 26.4 Å². The molecule has 0 saturated carbocycles. The summed E-state index contributed by atoms with van der Waals surface area (Å²) in [5, 5.41) is 8.51. The number of benzene rings is 1. The summed E-state index contributed by atoms with van der Waals surface area (Å²) in [6, 6.07) is 11.6. The molecule has 1 aromatic carbocycles. The van der Waals surface area contributed by atoms with Crippen LogP contribution in [0.25, 0.3) is 10.9 Å². The summed E-state index contributed by atoms with van der Waals surface area (Å²) in [5.41, 5.74) is 1.94. The van der Waals surface area contributed by atoms with Crippen molar-refractivity contribution in [2.24, 2.45) is 0 Å². The number of rotatable bonds is 4. The Morgan fingerprint density at radius 1 is 1.29 bits per heavy atom. The first-order valence-electron chi connectivity index (χ1n) is 6.94. The maximum atomic E-state index is 11.9. The molecule has 3 aromatic rings. The van der Waals surface area contributed by atoms with Crippen LogP contribution in [0.1, 0.15) is 36.1 Å². The Balaban J connectivity index is 1.86. The summed E-state index contributed by atoms with van der Waals surface area (Å²) >= 11 is 0. The average Bonchev–Trinajstić information content (AvgIpc) is 3.13. The van der Waals surface area contributed by atoms with Crippen molar-refractivity contribution in [1.29, 1.82) is 0 Å². The molecule has 0 aliphatic heterocycles. The van der Waals surface area contributed by atoms with Crippen molar-refractivity contribution in [1.82, 2.24) is 15.1 Å². The van der Waals surface area contributed by atoms with Gasteiger partial charge in [0.15, 0.2) is 5.76 Å². The lowest BCUT2D eigenvalue weighted by Crippen LogP contribution is -2.22. The van der Waals surface area contributed by atoms with Crippen LogP contribution in [-0.4, -0.2) is 15.7 Å². The molecular weight excluding hydrogens is 266 g/mol. The molecule has 2 aromatic heterocycles. The molecule has 0 aliphatic rings. The van der Waals surface area contributed by atoms with Gasteiger partial charge in [-0.3, -0.25) is 9.48 Å². The van der Waals surface area contributed by atoms with Crippen LogP contribution in [0.4, 0.5) is 0 Å². The quantitative estimate of drug-likeness (QED) is 0.800. The lowest BCUT2D eigenvalue weighted by molar-refractivity contribution is 0.0923. The van der Waals surface area contributed by atoms with Gasteiger partial charge >= 0.3 is 0 Å². The highest BCUT2D eigenvalue weighted by atomic mass is 16.3. The van der Waals surface area contributed by atoms with Gasteiger partial charge in [0, 0.05) is 11.4 Å². The molecule has 108 valence electrons. The van der Waals surface area contributed by atoms with Gasteiger partial charge in [0.2, 0.25) is 0 Å². The molecule has 0 bridgehead atoms. The minimum absolute atomic E-state index is 0.233. The molecule has 1 N–H and O–H groups in total. The number of nitrogens with one attached hydrogen (secondary N) is 1. The fraction of sp³-hybridized carbons (Fsp3) is 0.250. The first-order valence-corrected chi connectivity index (χ1v) is 6.94. The largest absolute Gasteiger partial charge is 0.459 e. The van der Waals surface area contributed by atoms with Crippen molar-refractivity contribution < 1.29 is 9.21 Å². The van der Waals surface area contributed by atoms with Crippen LogP contribution in [0.2, 0.25) is 0 Å². The molecule has 5 heteroatoms. The Hall–Kier alpha value is -2.56. The van der Waals surface area contributed by atoms with E-state index in [4.69, 9.17) is 4.42 Å². The zero-order chi connectivity index (χ0) is 14.8. The number of furan rings is 1. The topological polar surface area (TPSA) is 60.1 Å². The number of hydrogen-bond donors (Lipinski definition) is 1. The molecule has 2 heterocycles. The van der Waals surface area contributed by atoms with Crippen molar-refractivity contribution in [3.8, 4) is 0 Å². The standard InChI is InChI=1S/C16H17N3O2/c1-11(2)19-14-7-4-3-6-12(14)13(18-19)10-17-16(20)15-8-5-9-21-15/h3-9,11H,10H2,1-2H3,(H,17,20). The van der Waals surface area contributed by atoms with Crippen LogP contribution in [0, 0.1) is 0 Å². The zero-order valence-electron chi connectivity index (χ0n) is 12.0. The van der Waals surface area contributed by atoms with Crippen LogP contribution in [-0.2, 0) is 6.54 Å². The Morgan fingerprint density at radius 3 is 2.81 bits per heavy atom. The SMILES string of the molecule is CC(C)n1nc(CNC(=O)c2ccco2)c2ccccc21. The lowest BCUT2D eigenvalue weighted by atomic mass is 10.2. The van der Waals surface area contributed by atoms with Crippen molar-refractivity contribution >= 4 is 16.8 Å². The van der Waals surface area contributed by atoms with Gasteiger partial charge in [0.05, 0.1) is 24.0 Å². The predicted octanol–water partition coefficient (Wildman–Crippen LogP) is 3.14. The highest BCUT2D eigenvalue weighted by Gasteiger charge is 2.14. The molecule has 5 nitrogen and oxygen atoms in total. The third-order valence-corrected chi connectivity index (χ3v) is 3.34. The smallest absolute Gasteiger partial charge is 0.287 e. The first kappa shape index (κ1) is 13.4. The fourth-order valence-corrected chi connectivity index (χ4v) is 2.34. The average molecular weight is 283 g/mol. The van der Waals surface area contributed by atoms with Crippen molar-refractivity contribution in [2.75, 3.05) is 0 Å². The second kappa shape index (κ2) is 5.44. The number of nitrogens with zero attached hydrogens (tertiary/aromatic N) is 2. The molecule has 3 rings (SSSR count). The molecule has 0 aliphatic carbocycles. The lowest BCUT2D eigenvalue weighted by Gasteiger charge is -2.06. The van der Waals surface area contributed by atoms with E-state index < -0.39 is 0 Å². The van der Waals surface area contributed by atoms with Gasteiger partial charge in [-0.05, 0) is 32.0 Å². The maximum Gasteiger partial charge on any atom is 0.287 e. The minimum Gasteiger partial charge on any atom is -0.459 e. The Kier molecular flexibility index (Phi) is 3.48. The third kappa shape index (κ3) is 2.54. The monoisotopic (exact) mass is 283 g/mol. The van der Waals surface area contributed by atoms with E-state index in [-0.39, 0.29) is 11.9 Å². The van der Waals surface area contributed by atoms with Gasteiger partial charge in [0.1, 0.15) is 0 Å². The predicted molar refractivity (Wildman–Crippen MR) is 80.0 cm³/mol. The van der Waals surface area contributed by atoms with Gasteiger partial charge in [-0.25, -0.2) is 0 Å². The summed E-state index contributed by atoms with van der Waals surface area (Å²) in [7, 11) is 0. The maximum absolute atomic E-state index is 11.9. The number of carbonyl (C=O) groups excluding carboxylic acids is 1. The summed E-state index contributed by atoms with van der Waals surface area (Å²) in [6.45, 7) is 4.55. The van der Waals surface area contributed by atoms with Gasteiger partial charge < -0.3 is 9.73 Å². The summed E-state index contributed by atoms with van der Waals surface area (Å²) in [6.07, 6.45) is 1.48. The highest BCUT2D eigenvalue weighted by Crippen LogP contribution is 2.21. The number of carbonyl (C=O) groups is 1. The first-order chi connectivity index (χ1) is 10.2. The number of fused-ring (bicyclic) bond motifs is 1. The van der Waals surface area contributed by atoms with E-state index in [1.165, 1.54) is 6.26 Å². The van der Waals surface area contributed by atoms with E-state index >= 15 is 0 Å². The van der Waals surface area contributed by atoms with E-state index in [1.807, 2.05) is 28.9 Å². The fourth-order valence-electron chi connectivity index (χ4n) is 2.34. The van der Waals surface area contributed by atoms with Gasteiger partial charge in [-0.2, -0.15) is 5.10 Å². The van der Waals surface area contributed by atoms with Crippen molar-refractivity contribution in [3.05, 3.63) is 54.1 Å². The van der Waals surface area contributed by atoms with E-state index in [0.717, 1.165) is 16.6 Å². The molecular formula is C16H17N3O2. The van der Waals surface area contributed by atoms with E-state index in [1.54, 1.807) is 12.1 Å². The second-order valence-electron chi connectivity index (χ2n) is 5.16. The molecule has 0 spiro atoms. The minimum atomic E-state index is -0.233. The normalized spacial score (nSPS) is 11.2. The van der Waals surface area contributed by atoms with Crippen LogP contribution in [0.15, 0.2) is 47.1 Å². The van der Waals surface area contributed by atoms with Crippen LogP contribution < -0.4 is 5.32 Å². The van der Waals surface area contributed by atoms with Gasteiger partial charge in [0.25, 0.3) is 5.91 Å². The zero-order valence-corrected chi connectivity index (χ0v) is 12.0. The van der Waals surface area contributed by atoms with E-state index in [9.17, 15) is 4.79 Å². The second-order valence-corrected chi connectivity index (χ2v) is 5.16. The summed E-state index contributed by atoms with van der Waals surface area (Å²) in [5.74, 6) is 0.0748. The third-order valence-electron chi connectivity index (χ3n) is 3.34. The molecule has 0 saturated heterocycles. The van der Waals surface area contributed by atoms with Gasteiger partial charge in [-0.1, -0.05) is 18.2 Å². The number of amides is 1. The Morgan fingerprint density at radius 2 is 2.10 bits per heavy atom. The Bertz CT molecular complexity index is 757. The molecule has 1 amide bonds. The Labute approximate surface area is 122 Å². The van der Waals surface area contributed by atoms with E-state index in [0.29, 0.717) is 12.3 Å². The van der Waals surface area contributed by atoms with Crippen LogP contribution in [0.5, 0.6) is 0 Å². The number of hydrogen-bond acceptors (Lipinski definition) is 3. The number of para-hydroxylation sites is 1. The van der Waals surface area contributed by atoms with Gasteiger partial charge in [-0.15, -0.1) is 0 Å². The summed E-state index contributed by atoms with van der Waals surface area (Å²) < 4.78 is 7.05. The molecule has 0 fully saturated rings. The number of aromatic nitrogens is 2. The van der Waals surface area contributed by atoms with Crippen molar-refractivity contribution in [3.63, 3.8) is 0 Å². The molecule has 0 unspecified atom stereocenters.